The summed E-state index contributed by atoms with van der Waals surface area (Å²) in [5.41, 5.74) is 1.22. The Bertz CT molecular complexity index is 1340. The molecule has 0 bridgehead atoms. The van der Waals surface area contributed by atoms with Gasteiger partial charge in [-0.25, -0.2) is 18.3 Å². The maximum Gasteiger partial charge on any atom is 0.389 e. The standard InChI is InChI=1S/C24H30F5N9O2/c1-13(2)38-35-21(34-36-38)22(40)33-20(15-4-7-23(25,26)8-5-15)17-12-37-18(32-17)10-16(11-30-37)14(3)31-19(39)6-9-24(27,28)29/h10-15,20H,4-9H2,1-3H3,(H,31,39)(H,33,40)/t14-,20+/m1/s1. The van der Waals surface area contributed by atoms with Crippen LogP contribution in [0.15, 0.2) is 18.5 Å². The number of alkyl halides is 5. The van der Waals surface area contributed by atoms with Crippen LogP contribution in [0.4, 0.5) is 22.0 Å². The number of rotatable bonds is 9. The van der Waals surface area contributed by atoms with E-state index in [0.29, 0.717) is 16.9 Å². The van der Waals surface area contributed by atoms with Crippen molar-refractivity contribution in [3.05, 3.63) is 35.5 Å². The van der Waals surface area contributed by atoms with Crippen LogP contribution in [-0.4, -0.2) is 58.7 Å². The Labute approximate surface area is 225 Å². The van der Waals surface area contributed by atoms with Gasteiger partial charge in [-0.05, 0) is 56.4 Å². The first-order valence-corrected chi connectivity index (χ1v) is 12.9. The van der Waals surface area contributed by atoms with Gasteiger partial charge in [0.05, 0.1) is 42.6 Å². The highest BCUT2D eigenvalue weighted by molar-refractivity contribution is 5.90. The molecule has 16 heteroatoms. The van der Waals surface area contributed by atoms with Gasteiger partial charge in [-0.3, -0.25) is 9.59 Å². The quantitative estimate of drug-likeness (QED) is 0.370. The predicted octanol–water partition coefficient (Wildman–Crippen LogP) is 4.11. The molecule has 1 aliphatic rings. The maximum atomic E-state index is 13.9. The van der Waals surface area contributed by atoms with Crippen molar-refractivity contribution in [2.24, 2.45) is 5.92 Å². The lowest BCUT2D eigenvalue weighted by Gasteiger charge is -2.33. The number of fused-ring (bicyclic) bond motifs is 1. The van der Waals surface area contributed by atoms with Crippen molar-refractivity contribution in [2.75, 3.05) is 0 Å². The second kappa shape index (κ2) is 11.4. The molecule has 3 heterocycles. The molecule has 218 valence electrons. The molecular formula is C24H30F5N9O2. The maximum absolute atomic E-state index is 13.9. The van der Waals surface area contributed by atoms with E-state index in [2.05, 4.69) is 36.1 Å². The lowest BCUT2D eigenvalue weighted by molar-refractivity contribution is -0.144. The van der Waals surface area contributed by atoms with Crippen LogP contribution in [0.3, 0.4) is 0 Å². The lowest BCUT2D eigenvalue weighted by Crippen LogP contribution is -2.37. The summed E-state index contributed by atoms with van der Waals surface area (Å²) in [5.74, 6) is -4.68. The number of nitrogens with one attached hydrogen (secondary N) is 2. The highest BCUT2D eigenvalue weighted by Gasteiger charge is 2.39. The number of hydrogen-bond acceptors (Lipinski definition) is 7. The minimum Gasteiger partial charge on any atom is -0.350 e. The molecule has 1 saturated carbocycles. The van der Waals surface area contributed by atoms with Crippen LogP contribution in [0, 0.1) is 5.92 Å². The van der Waals surface area contributed by atoms with E-state index in [1.807, 2.05) is 13.8 Å². The van der Waals surface area contributed by atoms with E-state index in [-0.39, 0.29) is 43.5 Å². The van der Waals surface area contributed by atoms with E-state index in [1.54, 1.807) is 19.2 Å². The van der Waals surface area contributed by atoms with Crippen molar-refractivity contribution in [1.29, 1.82) is 0 Å². The van der Waals surface area contributed by atoms with Crippen LogP contribution in [0.2, 0.25) is 0 Å². The first-order chi connectivity index (χ1) is 18.7. The first kappa shape index (κ1) is 29.3. The lowest BCUT2D eigenvalue weighted by atomic mass is 9.81. The molecule has 1 fully saturated rings. The Morgan fingerprint density at radius 3 is 2.48 bits per heavy atom. The Kier molecular flexibility index (Phi) is 8.35. The fourth-order valence-corrected chi connectivity index (χ4v) is 4.52. The van der Waals surface area contributed by atoms with Crippen molar-refractivity contribution in [1.82, 2.24) is 45.4 Å². The smallest absolute Gasteiger partial charge is 0.350 e. The Balaban J connectivity index is 1.55. The van der Waals surface area contributed by atoms with Gasteiger partial charge in [-0.15, -0.1) is 10.2 Å². The van der Waals surface area contributed by atoms with E-state index < -0.39 is 48.8 Å². The number of hydrogen-bond donors (Lipinski definition) is 2. The number of imidazole rings is 1. The summed E-state index contributed by atoms with van der Waals surface area (Å²) in [7, 11) is 0. The number of carbonyl (C=O) groups excluding carboxylic acids is 2. The summed E-state index contributed by atoms with van der Waals surface area (Å²) in [6.07, 6.45) is -3.70. The van der Waals surface area contributed by atoms with Gasteiger partial charge in [0.2, 0.25) is 11.8 Å². The molecule has 11 nitrogen and oxygen atoms in total. The fraction of sp³-hybridized carbons (Fsp3) is 0.625. The number of amides is 2. The number of nitrogens with zero attached hydrogens (tertiary/aromatic N) is 7. The summed E-state index contributed by atoms with van der Waals surface area (Å²) >= 11 is 0. The van der Waals surface area contributed by atoms with Crippen molar-refractivity contribution >= 4 is 17.5 Å². The molecule has 2 atom stereocenters. The monoisotopic (exact) mass is 571 g/mol. The van der Waals surface area contributed by atoms with Crippen LogP contribution in [0.1, 0.15) is 99.3 Å². The molecule has 3 aromatic heterocycles. The van der Waals surface area contributed by atoms with Gasteiger partial charge < -0.3 is 10.6 Å². The molecule has 2 amide bonds. The number of aromatic nitrogens is 7. The topological polar surface area (TPSA) is 132 Å². The van der Waals surface area contributed by atoms with Gasteiger partial charge >= 0.3 is 6.18 Å². The van der Waals surface area contributed by atoms with Crippen LogP contribution >= 0.6 is 0 Å². The minimum atomic E-state index is -4.44. The molecule has 4 rings (SSSR count). The zero-order valence-corrected chi connectivity index (χ0v) is 22.1. The SMILES string of the molecule is CC(C)n1nnc(C(=O)N[C@H](c2cn3ncc([C@@H](C)NC(=O)CCC(F)(F)F)cc3n2)C2CCC(F)(F)CC2)n1. The van der Waals surface area contributed by atoms with Crippen LogP contribution in [0.25, 0.3) is 5.65 Å². The van der Waals surface area contributed by atoms with E-state index in [1.165, 1.54) is 15.5 Å². The minimum absolute atomic E-state index is 0.124. The fourth-order valence-electron chi connectivity index (χ4n) is 4.52. The highest BCUT2D eigenvalue weighted by atomic mass is 19.4. The van der Waals surface area contributed by atoms with Gasteiger partial charge in [0.15, 0.2) is 5.65 Å². The molecular weight excluding hydrogens is 541 g/mol. The molecule has 0 unspecified atom stereocenters. The molecule has 0 spiro atoms. The van der Waals surface area contributed by atoms with Gasteiger partial charge in [-0.2, -0.15) is 23.1 Å². The first-order valence-electron chi connectivity index (χ1n) is 12.9. The number of carbonyl (C=O) groups is 2. The van der Waals surface area contributed by atoms with Crippen molar-refractivity contribution < 1.29 is 31.5 Å². The van der Waals surface area contributed by atoms with Gasteiger partial charge in [-0.1, -0.05) is 0 Å². The molecule has 0 saturated heterocycles. The zero-order valence-electron chi connectivity index (χ0n) is 22.1. The summed E-state index contributed by atoms with van der Waals surface area (Å²) in [6, 6.07) is 0.0822. The average molecular weight is 572 g/mol. The van der Waals surface area contributed by atoms with Crippen molar-refractivity contribution in [2.45, 2.75) is 89.5 Å². The number of tetrazole rings is 1. The zero-order chi connectivity index (χ0) is 29.2. The van der Waals surface area contributed by atoms with Crippen LogP contribution < -0.4 is 10.6 Å². The van der Waals surface area contributed by atoms with E-state index in [9.17, 15) is 31.5 Å². The molecule has 2 N–H and O–H groups in total. The second-order valence-electron chi connectivity index (χ2n) is 10.3. The summed E-state index contributed by atoms with van der Waals surface area (Å²) in [5, 5.41) is 21.3. The highest BCUT2D eigenvalue weighted by Crippen LogP contribution is 2.41. The Morgan fingerprint density at radius 1 is 1.15 bits per heavy atom. The molecule has 0 radical (unpaired) electrons. The van der Waals surface area contributed by atoms with E-state index in [4.69, 9.17) is 0 Å². The van der Waals surface area contributed by atoms with Crippen molar-refractivity contribution in [3.63, 3.8) is 0 Å². The van der Waals surface area contributed by atoms with Gasteiger partial charge in [0.1, 0.15) is 0 Å². The number of halogens is 5. The van der Waals surface area contributed by atoms with E-state index in [0.717, 1.165) is 0 Å². The summed E-state index contributed by atoms with van der Waals surface area (Å²) in [4.78, 5) is 30.8. The average Bonchev–Trinajstić information content (AvgIpc) is 3.53. The van der Waals surface area contributed by atoms with E-state index >= 15 is 0 Å². The molecule has 0 aromatic carbocycles. The van der Waals surface area contributed by atoms with Crippen LogP contribution in [-0.2, 0) is 4.79 Å². The van der Waals surface area contributed by atoms with Gasteiger partial charge in [0.25, 0.3) is 11.7 Å². The third-order valence-corrected chi connectivity index (χ3v) is 6.80. The summed E-state index contributed by atoms with van der Waals surface area (Å²) < 4.78 is 66.5. The summed E-state index contributed by atoms with van der Waals surface area (Å²) in [6.45, 7) is 5.24. The third-order valence-electron chi connectivity index (χ3n) is 6.80. The largest absolute Gasteiger partial charge is 0.389 e. The second-order valence-corrected chi connectivity index (χ2v) is 10.3. The molecule has 3 aromatic rings. The van der Waals surface area contributed by atoms with Crippen LogP contribution in [0.5, 0.6) is 0 Å². The van der Waals surface area contributed by atoms with Crippen molar-refractivity contribution in [3.8, 4) is 0 Å². The third kappa shape index (κ3) is 7.27. The molecule has 1 aliphatic carbocycles. The predicted molar refractivity (Wildman–Crippen MR) is 130 cm³/mol. The Hall–Kier alpha value is -3.72. The normalized spacial score (nSPS) is 17.6. The van der Waals surface area contributed by atoms with Gasteiger partial charge in [0, 0.05) is 19.3 Å². The Morgan fingerprint density at radius 2 is 1.85 bits per heavy atom. The molecule has 40 heavy (non-hydrogen) atoms. The molecule has 0 aliphatic heterocycles.